The van der Waals surface area contributed by atoms with Crippen LogP contribution in [0.5, 0.6) is 0 Å². The Kier molecular flexibility index (Phi) is 6.23. The third kappa shape index (κ3) is 4.37. The lowest BCUT2D eigenvalue weighted by molar-refractivity contribution is 0.0627. The predicted octanol–water partition coefficient (Wildman–Crippen LogP) is 4.94. The van der Waals surface area contributed by atoms with Crippen molar-refractivity contribution in [2.24, 2.45) is 0 Å². The average molecular weight is 455 g/mol. The Morgan fingerprint density at radius 2 is 1.47 bits per heavy atom. The molecule has 0 bridgehead atoms. The van der Waals surface area contributed by atoms with Gasteiger partial charge < -0.3 is 4.90 Å². The lowest BCUT2D eigenvalue weighted by Gasteiger charge is -2.35. The van der Waals surface area contributed by atoms with E-state index in [9.17, 15) is 9.18 Å². The van der Waals surface area contributed by atoms with Crippen LogP contribution in [-0.2, 0) is 6.54 Å². The zero-order chi connectivity index (χ0) is 23.5. The van der Waals surface area contributed by atoms with E-state index in [1.165, 1.54) is 6.07 Å². The first-order valence-electron chi connectivity index (χ1n) is 11.6. The molecule has 3 aromatic carbocycles. The minimum Gasteiger partial charge on any atom is -0.336 e. The number of carbonyl (C=O) groups is 1. The van der Waals surface area contributed by atoms with Gasteiger partial charge in [-0.3, -0.25) is 9.69 Å². The van der Waals surface area contributed by atoms with Crippen LogP contribution in [0.1, 0.15) is 21.6 Å². The first kappa shape index (κ1) is 22.0. The maximum absolute atomic E-state index is 14.1. The van der Waals surface area contributed by atoms with Crippen LogP contribution in [0.2, 0.25) is 0 Å². The van der Waals surface area contributed by atoms with E-state index < -0.39 is 0 Å². The van der Waals surface area contributed by atoms with Crippen LogP contribution in [0, 0.1) is 12.7 Å². The van der Waals surface area contributed by atoms with Gasteiger partial charge in [0.05, 0.1) is 16.9 Å². The van der Waals surface area contributed by atoms with Crippen molar-refractivity contribution in [2.75, 3.05) is 26.2 Å². The summed E-state index contributed by atoms with van der Waals surface area (Å²) in [6.45, 7) is 5.09. The number of halogens is 1. The highest BCUT2D eigenvalue weighted by molar-refractivity contribution is 6.01. The third-order valence-electron chi connectivity index (χ3n) is 6.39. The third-order valence-corrected chi connectivity index (χ3v) is 6.39. The Hall–Kier alpha value is -3.77. The smallest absolute Gasteiger partial charge is 0.258 e. The van der Waals surface area contributed by atoms with Gasteiger partial charge >= 0.3 is 0 Å². The van der Waals surface area contributed by atoms with Crippen LogP contribution in [0.15, 0.2) is 84.9 Å². The summed E-state index contributed by atoms with van der Waals surface area (Å²) < 4.78 is 15.9. The lowest BCUT2D eigenvalue weighted by Crippen LogP contribution is -2.48. The van der Waals surface area contributed by atoms with Crippen molar-refractivity contribution in [3.8, 4) is 16.9 Å². The topological polar surface area (TPSA) is 41.4 Å². The number of benzene rings is 3. The van der Waals surface area contributed by atoms with Crippen LogP contribution in [0.25, 0.3) is 16.9 Å². The quantitative estimate of drug-likeness (QED) is 0.429. The molecule has 0 N–H and O–H groups in total. The van der Waals surface area contributed by atoms with Gasteiger partial charge in [-0.25, -0.2) is 9.07 Å². The standard InChI is InChI=1S/C28H27FN4O/c1-21-26(27(22-10-4-2-5-11-22)30-33(21)24-13-6-3-7-14-24)28(34)32-18-16-31(17-19-32)20-23-12-8-9-15-25(23)29/h2-15H,16-20H2,1H3. The molecule has 0 unspecified atom stereocenters. The van der Waals surface area contributed by atoms with Crippen LogP contribution < -0.4 is 0 Å². The van der Waals surface area contributed by atoms with E-state index in [0.717, 1.165) is 16.9 Å². The van der Waals surface area contributed by atoms with Crippen molar-refractivity contribution in [1.82, 2.24) is 19.6 Å². The Morgan fingerprint density at radius 1 is 0.853 bits per heavy atom. The Morgan fingerprint density at radius 3 is 2.15 bits per heavy atom. The van der Waals surface area contributed by atoms with Gasteiger partial charge in [0.2, 0.25) is 0 Å². The fraction of sp³-hybridized carbons (Fsp3) is 0.214. The van der Waals surface area contributed by atoms with Crippen LogP contribution in [0.4, 0.5) is 4.39 Å². The summed E-state index contributed by atoms with van der Waals surface area (Å²) in [5.41, 5.74) is 4.68. The van der Waals surface area contributed by atoms with Crippen LogP contribution >= 0.6 is 0 Å². The van der Waals surface area contributed by atoms with E-state index >= 15 is 0 Å². The van der Waals surface area contributed by atoms with E-state index in [4.69, 9.17) is 5.10 Å². The average Bonchev–Trinajstić information content (AvgIpc) is 3.23. The zero-order valence-electron chi connectivity index (χ0n) is 19.2. The number of hydrogen-bond acceptors (Lipinski definition) is 3. The first-order chi connectivity index (χ1) is 16.6. The molecule has 2 heterocycles. The van der Waals surface area contributed by atoms with Crippen molar-refractivity contribution in [1.29, 1.82) is 0 Å². The number of aromatic nitrogens is 2. The number of nitrogens with zero attached hydrogens (tertiary/aromatic N) is 4. The molecule has 4 aromatic rings. The number of amides is 1. The summed E-state index contributed by atoms with van der Waals surface area (Å²) in [5, 5.41) is 4.86. The molecular weight excluding hydrogens is 427 g/mol. The molecule has 34 heavy (non-hydrogen) atoms. The van der Waals surface area contributed by atoms with Crippen LogP contribution in [-0.4, -0.2) is 51.7 Å². The molecule has 172 valence electrons. The molecule has 1 amide bonds. The molecule has 0 saturated carbocycles. The minimum atomic E-state index is -0.183. The second kappa shape index (κ2) is 9.61. The van der Waals surface area contributed by atoms with Gasteiger partial charge in [-0.05, 0) is 25.1 Å². The van der Waals surface area contributed by atoms with Gasteiger partial charge in [0.1, 0.15) is 11.5 Å². The van der Waals surface area contributed by atoms with E-state index in [2.05, 4.69) is 4.90 Å². The van der Waals surface area contributed by atoms with Crippen molar-refractivity contribution >= 4 is 5.91 Å². The zero-order valence-corrected chi connectivity index (χ0v) is 19.2. The molecule has 0 radical (unpaired) electrons. The molecule has 0 atom stereocenters. The second-order valence-corrected chi connectivity index (χ2v) is 8.58. The van der Waals surface area contributed by atoms with Gasteiger partial charge in [-0.1, -0.05) is 66.7 Å². The lowest BCUT2D eigenvalue weighted by atomic mass is 10.0. The Balaban J connectivity index is 1.40. The molecule has 1 saturated heterocycles. The monoisotopic (exact) mass is 454 g/mol. The highest BCUT2D eigenvalue weighted by atomic mass is 19.1. The molecule has 1 aliphatic heterocycles. The van der Waals surface area contributed by atoms with Gasteiger partial charge in [-0.2, -0.15) is 5.10 Å². The summed E-state index contributed by atoms with van der Waals surface area (Å²) in [4.78, 5) is 17.9. The molecule has 6 heteroatoms. The van der Waals surface area contributed by atoms with Crippen molar-refractivity contribution in [3.63, 3.8) is 0 Å². The number of hydrogen-bond donors (Lipinski definition) is 0. The van der Waals surface area contributed by atoms with E-state index in [1.54, 1.807) is 6.07 Å². The largest absolute Gasteiger partial charge is 0.336 e. The van der Waals surface area contributed by atoms with Gasteiger partial charge in [0.15, 0.2) is 0 Å². The second-order valence-electron chi connectivity index (χ2n) is 8.58. The highest BCUT2D eigenvalue weighted by Crippen LogP contribution is 2.29. The summed E-state index contributed by atoms with van der Waals surface area (Å²) in [5.74, 6) is -0.193. The fourth-order valence-corrected chi connectivity index (χ4v) is 4.51. The Bertz CT molecular complexity index is 1280. The SMILES string of the molecule is Cc1c(C(=O)N2CCN(Cc3ccccc3F)CC2)c(-c2ccccc2)nn1-c1ccccc1. The molecule has 0 aliphatic carbocycles. The number of rotatable bonds is 5. The fourth-order valence-electron chi connectivity index (χ4n) is 4.51. The summed E-state index contributed by atoms with van der Waals surface area (Å²) in [6.07, 6.45) is 0. The number of para-hydroxylation sites is 1. The Labute approximate surface area is 199 Å². The molecule has 1 fully saturated rings. The normalized spacial score (nSPS) is 14.4. The summed E-state index contributed by atoms with van der Waals surface area (Å²) in [6, 6.07) is 26.6. The molecule has 5 nitrogen and oxygen atoms in total. The highest BCUT2D eigenvalue weighted by Gasteiger charge is 2.29. The van der Waals surface area contributed by atoms with Crippen LogP contribution in [0.3, 0.4) is 0 Å². The van der Waals surface area contributed by atoms with E-state index in [1.807, 2.05) is 89.3 Å². The van der Waals surface area contributed by atoms with E-state index in [0.29, 0.717) is 49.5 Å². The maximum atomic E-state index is 14.1. The summed E-state index contributed by atoms with van der Waals surface area (Å²) in [7, 11) is 0. The van der Waals surface area contributed by atoms with Gasteiger partial charge in [-0.15, -0.1) is 0 Å². The number of carbonyl (C=O) groups excluding carboxylic acids is 1. The maximum Gasteiger partial charge on any atom is 0.258 e. The van der Waals surface area contributed by atoms with Crippen molar-refractivity contribution < 1.29 is 9.18 Å². The molecule has 1 aromatic heterocycles. The first-order valence-corrected chi connectivity index (χ1v) is 11.6. The molecular formula is C28H27FN4O. The minimum absolute atomic E-state index is 0.0101. The number of piperazine rings is 1. The van der Waals surface area contributed by atoms with Crippen molar-refractivity contribution in [2.45, 2.75) is 13.5 Å². The van der Waals surface area contributed by atoms with Gasteiger partial charge in [0, 0.05) is 43.9 Å². The summed E-state index contributed by atoms with van der Waals surface area (Å²) >= 11 is 0. The van der Waals surface area contributed by atoms with Crippen molar-refractivity contribution in [3.05, 3.63) is 108 Å². The molecule has 1 aliphatic rings. The van der Waals surface area contributed by atoms with Gasteiger partial charge in [0.25, 0.3) is 5.91 Å². The predicted molar refractivity (Wildman–Crippen MR) is 131 cm³/mol. The van der Waals surface area contributed by atoms with E-state index in [-0.39, 0.29) is 11.7 Å². The molecule has 0 spiro atoms. The molecule has 5 rings (SSSR count).